The fourth-order valence-corrected chi connectivity index (χ4v) is 6.76. The molecule has 122 valence electrons. The van der Waals surface area contributed by atoms with Crippen LogP contribution in [0.3, 0.4) is 0 Å². The number of carbonyl (C=O) groups excluding carboxylic acids is 1. The zero-order chi connectivity index (χ0) is 15.5. The van der Waals surface area contributed by atoms with Crippen molar-refractivity contribution in [2.24, 2.45) is 33.8 Å². The van der Waals surface area contributed by atoms with Crippen molar-refractivity contribution in [3.63, 3.8) is 0 Å². The van der Waals surface area contributed by atoms with E-state index in [2.05, 4.69) is 24.3 Å². The maximum Gasteiger partial charge on any atom is 0.220 e. The highest BCUT2D eigenvalue weighted by atomic mass is 16.3. The molecule has 2 unspecified atom stereocenters. The van der Waals surface area contributed by atoms with Gasteiger partial charge in [-0.2, -0.15) is 4.91 Å². The number of nitrogens with zero attached hydrogens (tertiary/aromatic N) is 1. The molecule has 1 amide bonds. The molecule has 22 heavy (non-hydrogen) atoms. The van der Waals surface area contributed by atoms with Gasteiger partial charge in [-0.3, -0.25) is 4.79 Å². The van der Waals surface area contributed by atoms with Crippen LogP contribution in [-0.4, -0.2) is 18.0 Å². The van der Waals surface area contributed by atoms with Crippen molar-refractivity contribution in [3.8, 4) is 0 Å². The number of carbonyl (C=O) groups is 1. The summed E-state index contributed by atoms with van der Waals surface area (Å²) in [5.74, 6) is 1.84. The summed E-state index contributed by atoms with van der Waals surface area (Å²) in [6.45, 7) is 4.81. The number of rotatable bonds is 1. The Kier molecular flexibility index (Phi) is 3.18. The standard InChI is InChI=1S/C18H28N2O2/c1-17-7-3-4-11(17)16-12(5-8-17)18(2)9-6-15(21)19-14(18)10-13(16)20-22/h11-14,16H,3-10H2,1-2H3,(H,19,21)/t11-,12+,13?,14?,16-,17-,18+/m0/s1. The van der Waals surface area contributed by atoms with Crippen LogP contribution < -0.4 is 5.32 Å². The predicted molar refractivity (Wildman–Crippen MR) is 85.1 cm³/mol. The van der Waals surface area contributed by atoms with Gasteiger partial charge in [0.15, 0.2) is 0 Å². The van der Waals surface area contributed by atoms with Crippen LogP contribution in [-0.2, 0) is 4.79 Å². The van der Waals surface area contributed by atoms with Gasteiger partial charge in [0.1, 0.15) is 0 Å². The lowest BCUT2D eigenvalue weighted by Gasteiger charge is -2.60. The van der Waals surface area contributed by atoms with Crippen molar-refractivity contribution in [3.05, 3.63) is 4.91 Å². The molecule has 0 aromatic heterocycles. The Balaban J connectivity index is 1.71. The summed E-state index contributed by atoms with van der Waals surface area (Å²) >= 11 is 0. The molecule has 1 saturated heterocycles. The van der Waals surface area contributed by atoms with E-state index in [1.54, 1.807) is 0 Å². The first kappa shape index (κ1) is 14.6. The Labute approximate surface area is 132 Å². The summed E-state index contributed by atoms with van der Waals surface area (Å²) in [6, 6.07) is 0.0626. The van der Waals surface area contributed by atoms with Crippen LogP contribution >= 0.6 is 0 Å². The van der Waals surface area contributed by atoms with Gasteiger partial charge in [0.2, 0.25) is 5.91 Å². The van der Waals surface area contributed by atoms with E-state index in [0.29, 0.717) is 29.6 Å². The van der Waals surface area contributed by atoms with E-state index in [-0.39, 0.29) is 23.4 Å². The second-order valence-corrected chi connectivity index (χ2v) is 8.91. The predicted octanol–water partition coefficient (Wildman–Crippen LogP) is 3.64. The lowest BCUT2D eigenvalue weighted by molar-refractivity contribution is -0.137. The van der Waals surface area contributed by atoms with Gasteiger partial charge in [-0.25, -0.2) is 0 Å². The number of hydrogen-bond acceptors (Lipinski definition) is 3. The first-order valence-electron chi connectivity index (χ1n) is 9.10. The van der Waals surface area contributed by atoms with E-state index in [1.807, 2.05) is 0 Å². The van der Waals surface area contributed by atoms with Gasteiger partial charge in [0, 0.05) is 12.5 Å². The van der Waals surface area contributed by atoms with Crippen molar-refractivity contribution in [2.45, 2.75) is 77.3 Å². The fourth-order valence-electron chi connectivity index (χ4n) is 6.76. The molecule has 4 fully saturated rings. The molecule has 4 aliphatic rings. The van der Waals surface area contributed by atoms with Crippen LogP contribution in [0.4, 0.5) is 0 Å². The summed E-state index contributed by atoms with van der Waals surface area (Å²) in [6.07, 6.45) is 8.82. The van der Waals surface area contributed by atoms with Crippen molar-refractivity contribution >= 4 is 5.91 Å². The quantitative estimate of drug-likeness (QED) is 0.752. The molecule has 4 nitrogen and oxygen atoms in total. The van der Waals surface area contributed by atoms with Gasteiger partial charge in [0.05, 0.1) is 6.04 Å². The molecule has 0 spiro atoms. The van der Waals surface area contributed by atoms with Crippen LogP contribution in [0.25, 0.3) is 0 Å². The van der Waals surface area contributed by atoms with Gasteiger partial charge >= 0.3 is 0 Å². The number of amides is 1. The lowest BCUT2D eigenvalue weighted by Crippen LogP contribution is -2.64. The minimum atomic E-state index is -0.0933. The summed E-state index contributed by atoms with van der Waals surface area (Å²) in [7, 11) is 0. The normalized spacial score (nSPS) is 53.9. The van der Waals surface area contributed by atoms with Crippen LogP contribution in [0.1, 0.15) is 65.2 Å². The molecule has 0 aromatic rings. The van der Waals surface area contributed by atoms with E-state index >= 15 is 0 Å². The minimum Gasteiger partial charge on any atom is -0.353 e. The SMILES string of the molecule is C[C@@]12CCC[C@H]1[C@@H]1C(N=O)CC3NC(=O)CC[C@]3(C)[C@@H]1CC2. The molecule has 0 aromatic carbocycles. The molecule has 1 heterocycles. The maximum absolute atomic E-state index is 11.8. The van der Waals surface area contributed by atoms with Gasteiger partial charge in [-0.05, 0) is 67.1 Å². The molecular weight excluding hydrogens is 276 g/mol. The maximum atomic E-state index is 11.8. The lowest BCUT2D eigenvalue weighted by atomic mass is 9.46. The van der Waals surface area contributed by atoms with E-state index in [1.165, 1.54) is 32.1 Å². The van der Waals surface area contributed by atoms with Crippen molar-refractivity contribution < 1.29 is 4.79 Å². The van der Waals surface area contributed by atoms with Crippen LogP contribution in [0.2, 0.25) is 0 Å². The molecule has 0 bridgehead atoms. The zero-order valence-corrected chi connectivity index (χ0v) is 13.8. The Bertz CT molecular complexity index is 507. The van der Waals surface area contributed by atoms with E-state index < -0.39 is 0 Å². The highest BCUT2D eigenvalue weighted by Gasteiger charge is 2.61. The second-order valence-electron chi connectivity index (χ2n) is 8.91. The third-order valence-electron chi connectivity index (χ3n) is 8.04. The minimum absolute atomic E-state index is 0.0933. The van der Waals surface area contributed by atoms with Crippen LogP contribution in [0.5, 0.6) is 0 Å². The second kappa shape index (κ2) is 4.78. The largest absolute Gasteiger partial charge is 0.353 e. The molecule has 4 rings (SSSR count). The van der Waals surface area contributed by atoms with E-state index in [4.69, 9.17) is 0 Å². The summed E-state index contributed by atoms with van der Waals surface area (Å²) in [4.78, 5) is 23.4. The van der Waals surface area contributed by atoms with Gasteiger partial charge in [-0.1, -0.05) is 25.4 Å². The van der Waals surface area contributed by atoms with E-state index in [0.717, 1.165) is 12.8 Å². The summed E-state index contributed by atoms with van der Waals surface area (Å²) in [5, 5.41) is 6.76. The molecular formula is C18H28N2O2. The molecule has 7 atom stereocenters. The first-order valence-corrected chi connectivity index (χ1v) is 9.10. The van der Waals surface area contributed by atoms with Crippen molar-refractivity contribution in [1.82, 2.24) is 5.32 Å². The Morgan fingerprint density at radius 3 is 2.73 bits per heavy atom. The molecule has 0 radical (unpaired) electrons. The number of nitrogens with one attached hydrogen (secondary N) is 1. The number of hydrogen-bond donors (Lipinski definition) is 1. The average Bonchev–Trinajstić information content (AvgIpc) is 2.89. The highest BCUT2D eigenvalue weighted by Crippen LogP contribution is 2.64. The zero-order valence-electron chi connectivity index (χ0n) is 13.8. The van der Waals surface area contributed by atoms with Gasteiger partial charge < -0.3 is 5.32 Å². The Hall–Kier alpha value is -0.930. The number of nitroso groups, excluding NO2 is 1. The summed E-state index contributed by atoms with van der Waals surface area (Å²) in [5.41, 5.74) is 0.606. The fraction of sp³-hybridized carbons (Fsp3) is 0.944. The molecule has 1 aliphatic heterocycles. The van der Waals surface area contributed by atoms with Crippen LogP contribution in [0.15, 0.2) is 5.18 Å². The molecule has 3 aliphatic carbocycles. The molecule has 4 heteroatoms. The van der Waals surface area contributed by atoms with Gasteiger partial charge in [0.25, 0.3) is 0 Å². The monoisotopic (exact) mass is 304 g/mol. The molecule has 1 N–H and O–H groups in total. The number of piperidine rings is 1. The third kappa shape index (κ3) is 1.85. The third-order valence-corrected chi connectivity index (χ3v) is 8.04. The highest BCUT2D eigenvalue weighted by molar-refractivity contribution is 5.77. The Morgan fingerprint density at radius 1 is 1.14 bits per heavy atom. The van der Waals surface area contributed by atoms with Gasteiger partial charge in [-0.15, -0.1) is 0 Å². The van der Waals surface area contributed by atoms with Crippen molar-refractivity contribution in [2.75, 3.05) is 0 Å². The molecule has 3 saturated carbocycles. The van der Waals surface area contributed by atoms with Crippen LogP contribution in [0, 0.1) is 33.5 Å². The smallest absolute Gasteiger partial charge is 0.220 e. The average molecular weight is 304 g/mol. The van der Waals surface area contributed by atoms with Crippen molar-refractivity contribution in [1.29, 1.82) is 0 Å². The first-order chi connectivity index (χ1) is 10.5. The topological polar surface area (TPSA) is 58.5 Å². The Morgan fingerprint density at radius 2 is 1.95 bits per heavy atom. The van der Waals surface area contributed by atoms with E-state index in [9.17, 15) is 9.70 Å². The summed E-state index contributed by atoms with van der Waals surface area (Å²) < 4.78 is 0. The number of fused-ring (bicyclic) bond motifs is 5.